The normalized spacial score (nSPS) is 26.1. The minimum absolute atomic E-state index is 0.0536. The van der Waals surface area contributed by atoms with Crippen LogP contribution < -0.4 is 0 Å². The van der Waals surface area contributed by atoms with Gasteiger partial charge in [0, 0.05) is 12.5 Å². The summed E-state index contributed by atoms with van der Waals surface area (Å²) in [6, 6.07) is 3.38. The lowest BCUT2D eigenvalue weighted by Gasteiger charge is -2.31. The van der Waals surface area contributed by atoms with E-state index in [2.05, 4.69) is 4.98 Å². The quantitative estimate of drug-likeness (QED) is 0.931. The van der Waals surface area contributed by atoms with Crippen LogP contribution in [0.3, 0.4) is 0 Å². The highest BCUT2D eigenvalue weighted by molar-refractivity contribution is 7.91. The molecule has 1 aromatic rings. The topological polar surface area (TPSA) is 67.3 Å². The first kappa shape index (κ1) is 14.8. The van der Waals surface area contributed by atoms with Gasteiger partial charge >= 0.3 is 0 Å². The van der Waals surface area contributed by atoms with Crippen LogP contribution in [0.4, 0.5) is 0 Å². The molecule has 1 aromatic heterocycles. The summed E-state index contributed by atoms with van der Waals surface area (Å²) in [6.07, 6.45) is 4.90. The molecule has 0 aromatic carbocycles. The predicted molar refractivity (Wildman–Crippen MR) is 74.8 cm³/mol. The standard InChI is InChI=1S/C13H18ClNO3S/c1-19(17,18)11-4-2-3-9(7-11)13(16)12-6-5-10(14)8-15-12/h5-6,8-9,11,13,16H,2-4,7H2,1H3. The molecule has 1 aliphatic rings. The van der Waals surface area contributed by atoms with Crippen LogP contribution in [0.1, 0.15) is 37.5 Å². The van der Waals surface area contributed by atoms with Gasteiger partial charge in [0.1, 0.15) is 9.84 Å². The monoisotopic (exact) mass is 303 g/mol. The third-order valence-corrected chi connectivity index (χ3v) is 5.63. The first-order valence-corrected chi connectivity index (χ1v) is 8.69. The lowest BCUT2D eigenvalue weighted by molar-refractivity contribution is 0.0820. The number of halogens is 1. The zero-order valence-electron chi connectivity index (χ0n) is 10.8. The molecule has 3 unspecified atom stereocenters. The van der Waals surface area contributed by atoms with Crippen molar-refractivity contribution in [3.05, 3.63) is 29.0 Å². The van der Waals surface area contributed by atoms with Crippen LogP contribution in [0.2, 0.25) is 5.02 Å². The molecular formula is C13H18ClNO3S. The molecule has 0 saturated heterocycles. The van der Waals surface area contributed by atoms with Crippen molar-refractivity contribution >= 4 is 21.4 Å². The van der Waals surface area contributed by atoms with E-state index in [0.717, 1.165) is 12.8 Å². The molecule has 0 spiro atoms. The van der Waals surface area contributed by atoms with Crippen LogP contribution in [0.25, 0.3) is 0 Å². The maximum atomic E-state index is 11.6. The second-order valence-electron chi connectivity index (χ2n) is 5.22. The number of sulfone groups is 1. The highest BCUT2D eigenvalue weighted by Crippen LogP contribution is 2.36. The zero-order chi connectivity index (χ0) is 14.0. The Morgan fingerprint density at radius 3 is 2.74 bits per heavy atom. The fraction of sp³-hybridized carbons (Fsp3) is 0.615. The van der Waals surface area contributed by atoms with Crippen molar-refractivity contribution in [2.75, 3.05) is 6.26 Å². The van der Waals surface area contributed by atoms with Gasteiger partial charge in [0.2, 0.25) is 0 Å². The SMILES string of the molecule is CS(=O)(=O)C1CCCC(C(O)c2ccc(Cl)cn2)C1. The van der Waals surface area contributed by atoms with Gasteiger partial charge in [0.05, 0.1) is 22.1 Å². The highest BCUT2D eigenvalue weighted by atomic mass is 35.5. The lowest BCUT2D eigenvalue weighted by Crippen LogP contribution is -2.30. The molecule has 1 saturated carbocycles. The van der Waals surface area contributed by atoms with Crippen LogP contribution in [-0.2, 0) is 9.84 Å². The van der Waals surface area contributed by atoms with Crippen LogP contribution in [0.5, 0.6) is 0 Å². The average Bonchev–Trinajstić information content (AvgIpc) is 2.38. The Labute approximate surface area is 118 Å². The fourth-order valence-corrected chi connectivity index (χ4v) is 3.96. The van der Waals surface area contributed by atoms with Crippen LogP contribution in [-0.4, -0.2) is 30.0 Å². The summed E-state index contributed by atoms with van der Waals surface area (Å²) in [6.45, 7) is 0. The molecule has 3 atom stereocenters. The first-order valence-electron chi connectivity index (χ1n) is 6.36. The summed E-state index contributed by atoms with van der Waals surface area (Å²) in [7, 11) is -3.03. The van der Waals surface area contributed by atoms with Gasteiger partial charge in [-0.3, -0.25) is 4.98 Å². The molecular weight excluding hydrogens is 286 g/mol. The third-order valence-electron chi connectivity index (χ3n) is 3.77. The minimum atomic E-state index is -3.03. The lowest BCUT2D eigenvalue weighted by atomic mass is 9.83. The van der Waals surface area contributed by atoms with E-state index in [1.54, 1.807) is 12.1 Å². The molecule has 1 fully saturated rings. The number of rotatable bonds is 3. The van der Waals surface area contributed by atoms with Gasteiger partial charge in [-0.05, 0) is 37.3 Å². The number of aliphatic hydroxyl groups excluding tert-OH is 1. The summed E-state index contributed by atoms with van der Waals surface area (Å²) < 4.78 is 23.2. The molecule has 0 amide bonds. The maximum Gasteiger partial charge on any atom is 0.150 e. The van der Waals surface area contributed by atoms with E-state index in [1.165, 1.54) is 12.5 Å². The summed E-state index contributed by atoms with van der Waals surface area (Å²) in [5, 5.41) is 10.5. The molecule has 4 nitrogen and oxygen atoms in total. The number of pyridine rings is 1. The average molecular weight is 304 g/mol. The van der Waals surface area contributed by atoms with Crippen molar-refractivity contribution in [3.63, 3.8) is 0 Å². The van der Waals surface area contributed by atoms with Crippen molar-refractivity contribution in [1.29, 1.82) is 0 Å². The molecule has 1 aliphatic carbocycles. The second kappa shape index (κ2) is 5.77. The van der Waals surface area contributed by atoms with Crippen molar-refractivity contribution in [2.45, 2.75) is 37.0 Å². The number of hydrogen-bond donors (Lipinski definition) is 1. The van der Waals surface area contributed by atoms with Crippen molar-refractivity contribution in [1.82, 2.24) is 4.98 Å². The van der Waals surface area contributed by atoms with E-state index in [-0.39, 0.29) is 11.2 Å². The van der Waals surface area contributed by atoms with Gasteiger partial charge in [-0.2, -0.15) is 0 Å². The van der Waals surface area contributed by atoms with Gasteiger partial charge in [0.15, 0.2) is 0 Å². The summed E-state index contributed by atoms with van der Waals surface area (Å²) in [4.78, 5) is 4.11. The van der Waals surface area contributed by atoms with Gasteiger partial charge in [-0.1, -0.05) is 18.0 Å². The van der Waals surface area contributed by atoms with Crippen molar-refractivity contribution in [2.24, 2.45) is 5.92 Å². The van der Waals surface area contributed by atoms with Crippen LogP contribution in [0.15, 0.2) is 18.3 Å². The van der Waals surface area contributed by atoms with E-state index in [4.69, 9.17) is 11.6 Å². The summed E-state index contributed by atoms with van der Waals surface area (Å²) in [5.41, 5.74) is 0.559. The van der Waals surface area contributed by atoms with E-state index in [0.29, 0.717) is 23.6 Å². The number of aromatic nitrogens is 1. The number of hydrogen-bond acceptors (Lipinski definition) is 4. The fourth-order valence-electron chi connectivity index (χ4n) is 2.66. The summed E-state index contributed by atoms with van der Waals surface area (Å²) in [5.74, 6) is -0.0536. The Kier molecular flexibility index (Phi) is 4.48. The molecule has 0 radical (unpaired) electrons. The zero-order valence-corrected chi connectivity index (χ0v) is 12.4. The Balaban J connectivity index is 2.11. The summed E-state index contributed by atoms with van der Waals surface area (Å²) >= 11 is 5.76. The third kappa shape index (κ3) is 3.68. The van der Waals surface area contributed by atoms with Crippen LogP contribution >= 0.6 is 11.6 Å². The first-order chi connectivity index (χ1) is 8.88. The molecule has 0 bridgehead atoms. The van der Waals surface area contributed by atoms with E-state index < -0.39 is 15.9 Å². The van der Waals surface area contributed by atoms with Crippen molar-refractivity contribution in [3.8, 4) is 0 Å². The Hall–Kier alpha value is -0.650. The van der Waals surface area contributed by atoms with Crippen molar-refractivity contribution < 1.29 is 13.5 Å². The van der Waals surface area contributed by atoms with Gasteiger partial charge in [-0.25, -0.2) is 8.42 Å². The van der Waals surface area contributed by atoms with Crippen LogP contribution in [0, 0.1) is 5.92 Å². The molecule has 2 rings (SSSR count). The Bertz CT molecular complexity index is 529. The van der Waals surface area contributed by atoms with Gasteiger partial charge in [0.25, 0.3) is 0 Å². The molecule has 19 heavy (non-hydrogen) atoms. The smallest absolute Gasteiger partial charge is 0.150 e. The second-order valence-corrected chi connectivity index (χ2v) is 7.99. The van der Waals surface area contributed by atoms with Gasteiger partial charge in [-0.15, -0.1) is 0 Å². The molecule has 1 N–H and O–H groups in total. The molecule has 0 aliphatic heterocycles. The largest absolute Gasteiger partial charge is 0.387 e. The Morgan fingerprint density at radius 2 is 2.16 bits per heavy atom. The number of aliphatic hydroxyl groups is 1. The minimum Gasteiger partial charge on any atom is -0.387 e. The molecule has 6 heteroatoms. The molecule has 1 heterocycles. The van der Waals surface area contributed by atoms with E-state index >= 15 is 0 Å². The van der Waals surface area contributed by atoms with E-state index in [9.17, 15) is 13.5 Å². The van der Waals surface area contributed by atoms with Gasteiger partial charge < -0.3 is 5.11 Å². The maximum absolute atomic E-state index is 11.6. The number of nitrogens with zero attached hydrogens (tertiary/aromatic N) is 1. The Morgan fingerprint density at radius 1 is 1.42 bits per heavy atom. The molecule has 106 valence electrons. The highest BCUT2D eigenvalue weighted by Gasteiger charge is 2.33. The van der Waals surface area contributed by atoms with E-state index in [1.807, 2.05) is 0 Å². The predicted octanol–water partition coefficient (Wildman–Crippen LogP) is 2.37.